The number of piperidine rings is 1. The number of likely N-dealkylation sites (tertiary alicyclic amines) is 1. The molecular formula is C40H43F2N5O5. The van der Waals surface area contributed by atoms with Crippen molar-refractivity contribution in [3.63, 3.8) is 0 Å². The topological polar surface area (TPSA) is 130 Å². The molecule has 0 unspecified atom stereocenters. The molecule has 2 aromatic heterocycles. The molecule has 10 nitrogen and oxygen atoms in total. The predicted octanol–water partition coefficient (Wildman–Crippen LogP) is 8.27. The molecule has 0 aliphatic carbocycles. The number of H-pyrrole nitrogens is 1. The third-order valence-corrected chi connectivity index (χ3v) is 9.07. The molecule has 1 fully saturated rings. The minimum atomic E-state index is -1.28. The summed E-state index contributed by atoms with van der Waals surface area (Å²) in [4.78, 5) is 39.4. The van der Waals surface area contributed by atoms with Crippen LogP contribution in [0, 0.1) is 18.6 Å². The molecule has 0 radical (unpaired) electrons. The zero-order chi connectivity index (χ0) is 37.4. The van der Waals surface area contributed by atoms with E-state index in [1.807, 2.05) is 51.1 Å². The molecule has 1 aliphatic heterocycles. The second-order valence-corrected chi connectivity index (χ2v) is 14.7. The van der Waals surface area contributed by atoms with Gasteiger partial charge in [-0.2, -0.15) is 0 Å². The summed E-state index contributed by atoms with van der Waals surface area (Å²) in [7, 11) is 0. The van der Waals surface area contributed by atoms with Gasteiger partial charge in [-0.05, 0) is 107 Å². The molecule has 0 atom stereocenters. The molecule has 1 aliphatic rings. The van der Waals surface area contributed by atoms with E-state index in [0.29, 0.717) is 53.1 Å². The van der Waals surface area contributed by atoms with Gasteiger partial charge >= 0.3 is 6.09 Å². The number of aromatic nitrogens is 3. The first-order valence-corrected chi connectivity index (χ1v) is 17.2. The van der Waals surface area contributed by atoms with Gasteiger partial charge in [-0.15, -0.1) is 0 Å². The summed E-state index contributed by atoms with van der Waals surface area (Å²) in [5.74, 6) is -2.17. The number of aliphatic hydroxyl groups is 1. The van der Waals surface area contributed by atoms with Crippen molar-refractivity contribution < 1.29 is 33.0 Å². The molecule has 272 valence electrons. The zero-order valence-electron chi connectivity index (χ0n) is 30.1. The van der Waals surface area contributed by atoms with Crippen molar-refractivity contribution in [1.82, 2.24) is 19.9 Å². The van der Waals surface area contributed by atoms with E-state index < -0.39 is 28.7 Å². The Morgan fingerprint density at radius 1 is 0.981 bits per heavy atom. The summed E-state index contributed by atoms with van der Waals surface area (Å²) < 4.78 is 41.6. The van der Waals surface area contributed by atoms with Gasteiger partial charge in [0.1, 0.15) is 29.2 Å². The maximum absolute atomic E-state index is 15.1. The molecule has 5 aromatic rings. The number of anilines is 1. The zero-order valence-corrected chi connectivity index (χ0v) is 30.1. The van der Waals surface area contributed by atoms with Gasteiger partial charge in [-0.25, -0.2) is 23.5 Å². The molecule has 1 saturated heterocycles. The number of rotatable bonds is 8. The summed E-state index contributed by atoms with van der Waals surface area (Å²) >= 11 is 0. The fourth-order valence-electron chi connectivity index (χ4n) is 6.16. The fraction of sp³-hybridized carbons (Fsp3) is 0.350. The van der Waals surface area contributed by atoms with Crippen LogP contribution in [-0.2, 0) is 21.7 Å². The number of hydrogen-bond donors (Lipinski definition) is 3. The number of carbonyl (C=O) groups is 2. The lowest BCUT2D eigenvalue weighted by Gasteiger charge is -2.33. The van der Waals surface area contributed by atoms with Crippen molar-refractivity contribution in [2.24, 2.45) is 0 Å². The standard InChI is InChI=1S/C40H43F2N5O5/c1-23-30(18-27(41)19-33(23)46-37(48)29-12-11-26(17-32(29)42)40(5,6)50)35-31-20-34(45-36(31)44-22-43-35)25-9-7-24(8-10-25)21-51-28-13-15-47(16-14-28)38(49)52-39(2,3)4/h7-12,17-20,22,28,50H,13-16,21H2,1-6H3,(H,46,48)(H,43,44,45). The van der Waals surface area contributed by atoms with Crippen LogP contribution >= 0.6 is 0 Å². The Morgan fingerprint density at radius 2 is 1.69 bits per heavy atom. The number of benzene rings is 3. The summed E-state index contributed by atoms with van der Waals surface area (Å²) in [6, 6.07) is 16.3. The van der Waals surface area contributed by atoms with Crippen LogP contribution in [0.4, 0.5) is 19.3 Å². The van der Waals surface area contributed by atoms with Crippen molar-refractivity contribution >= 4 is 28.7 Å². The summed E-state index contributed by atoms with van der Waals surface area (Å²) in [6.07, 6.45) is 2.63. The molecule has 3 aromatic carbocycles. The van der Waals surface area contributed by atoms with E-state index >= 15 is 4.39 Å². The van der Waals surface area contributed by atoms with Crippen LogP contribution in [0.3, 0.4) is 0 Å². The van der Waals surface area contributed by atoms with Gasteiger partial charge in [-0.3, -0.25) is 4.79 Å². The van der Waals surface area contributed by atoms with E-state index in [0.717, 1.165) is 35.7 Å². The van der Waals surface area contributed by atoms with Crippen LogP contribution in [0.25, 0.3) is 33.5 Å². The molecule has 12 heteroatoms. The molecule has 6 rings (SSSR count). The number of amides is 2. The quantitative estimate of drug-likeness (QED) is 0.148. The highest BCUT2D eigenvalue weighted by atomic mass is 19.1. The first kappa shape index (κ1) is 36.6. The number of halogens is 2. The van der Waals surface area contributed by atoms with Gasteiger partial charge in [-0.1, -0.05) is 30.3 Å². The highest BCUT2D eigenvalue weighted by molar-refractivity contribution is 6.06. The number of carbonyl (C=O) groups excluding carboxylic acids is 2. The van der Waals surface area contributed by atoms with Crippen molar-refractivity contribution in [1.29, 1.82) is 0 Å². The maximum atomic E-state index is 15.1. The highest BCUT2D eigenvalue weighted by Gasteiger charge is 2.27. The molecule has 52 heavy (non-hydrogen) atoms. The fourth-order valence-corrected chi connectivity index (χ4v) is 6.16. The number of fused-ring (bicyclic) bond motifs is 1. The first-order chi connectivity index (χ1) is 24.6. The second kappa shape index (κ2) is 14.4. The van der Waals surface area contributed by atoms with Gasteiger partial charge in [0.15, 0.2) is 0 Å². The highest BCUT2D eigenvalue weighted by Crippen LogP contribution is 2.35. The number of nitrogens with one attached hydrogen (secondary N) is 2. The summed E-state index contributed by atoms with van der Waals surface area (Å²) in [5, 5.41) is 13.5. The lowest BCUT2D eigenvalue weighted by atomic mass is 9.96. The van der Waals surface area contributed by atoms with E-state index in [1.54, 1.807) is 11.8 Å². The third kappa shape index (κ3) is 8.29. The number of hydrogen-bond acceptors (Lipinski definition) is 7. The molecule has 0 spiro atoms. The molecule has 3 N–H and O–H groups in total. The van der Waals surface area contributed by atoms with E-state index in [9.17, 15) is 19.1 Å². The van der Waals surface area contributed by atoms with E-state index in [2.05, 4.69) is 20.3 Å². The largest absolute Gasteiger partial charge is 0.444 e. The van der Waals surface area contributed by atoms with Gasteiger partial charge in [0.2, 0.25) is 0 Å². The third-order valence-electron chi connectivity index (χ3n) is 9.07. The van der Waals surface area contributed by atoms with Crippen LogP contribution in [0.5, 0.6) is 0 Å². The molecule has 0 bridgehead atoms. The van der Waals surface area contributed by atoms with Gasteiger partial charge in [0, 0.05) is 35.4 Å². The van der Waals surface area contributed by atoms with Gasteiger partial charge in [0.05, 0.1) is 29.6 Å². The van der Waals surface area contributed by atoms with Gasteiger partial charge in [0.25, 0.3) is 5.91 Å². The molecule has 3 heterocycles. The van der Waals surface area contributed by atoms with Crippen molar-refractivity contribution in [3.8, 4) is 22.5 Å². The van der Waals surface area contributed by atoms with Crippen LogP contribution < -0.4 is 5.32 Å². The summed E-state index contributed by atoms with van der Waals surface area (Å²) in [6.45, 7) is 12.0. The maximum Gasteiger partial charge on any atom is 0.410 e. The number of nitrogens with zero attached hydrogens (tertiary/aromatic N) is 3. The average Bonchev–Trinajstić information content (AvgIpc) is 3.53. The Bertz CT molecular complexity index is 2110. The monoisotopic (exact) mass is 711 g/mol. The Morgan fingerprint density at radius 3 is 2.35 bits per heavy atom. The predicted molar refractivity (Wildman–Crippen MR) is 195 cm³/mol. The minimum Gasteiger partial charge on any atom is -0.444 e. The SMILES string of the molecule is Cc1c(NC(=O)c2ccc(C(C)(C)O)cc2F)cc(F)cc1-c1ncnc2[nH]c(-c3ccc(COC4CCN(C(=O)OC(C)(C)C)CC4)cc3)cc12. The second-order valence-electron chi connectivity index (χ2n) is 14.7. The van der Waals surface area contributed by atoms with Crippen LogP contribution in [0.1, 0.15) is 74.5 Å². The lowest BCUT2D eigenvalue weighted by molar-refractivity contribution is -0.0170. The Labute approximate surface area is 301 Å². The Kier molecular flexibility index (Phi) is 10.2. The average molecular weight is 712 g/mol. The molecule has 0 saturated carbocycles. The van der Waals surface area contributed by atoms with E-state index in [4.69, 9.17) is 9.47 Å². The van der Waals surface area contributed by atoms with Crippen LogP contribution in [0.15, 0.2) is 67.0 Å². The lowest BCUT2D eigenvalue weighted by Crippen LogP contribution is -2.43. The smallest absolute Gasteiger partial charge is 0.410 e. The number of aromatic amines is 1. The normalized spacial score (nSPS) is 14.1. The van der Waals surface area contributed by atoms with Crippen molar-refractivity contribution in [3.05, 3.63) is 101 Å². The van der Waals surface area contributed by atoms with Crippen LogP contribution in [-0.4, -0.2) is 61.8 Å². The van der Waals surface area contributed by atoms with Crippen molar-refractivity contribution in [2.75, 3.05) is 18.4 Å². The van der Waals surface area contributed by atoms with E-state index in [-0.39, 0.29) is 23.4 Å². The molecular weight excluding hydrogens is 668 g/mol. The van der Waals surface area contributed by atoms with Crippen LogP contribution in [0.2, 0.25) is 0 Å². The first-order valence-electron chi connectivity index (χ1n) is 17.2. The Balaban J connectivity index is 1.15. The minimum absolute atomic E-state index is 0.0522. The summed E-state index contributed by atoms with van der Waals surface area (Å²) in [5.41, 5.74) is 3.12. The van der Waals surface area contributed by atoms with Crippen molar-refractivity contribution in [2.45, 2.75) is 78.3 Å². The molecule has 2 amide bonds. The number of ether oxygens (including phenoxy) is 2. The van der Waals surface area contributed by atoms with Gasteiger partial charge < -0.3 is 29.8 Å². The Hall–Kier alpha value is -5.20. The van der Waals surface area contributed by atoms with E-state index in [1.165, 1.54) is 44.4 Å².